The summed E-state index contributed by atoms with van der Waals surface area (Å²) in [5, 5.41) is 12.2. The number of carbonyl (C=O) groups excluding carboxylic acids is 1. The molecular formula is C29H31NO6S. The van der Waals surface area contributed by atoms with E-state index in [2.05, 4.69) is 0 Å². The highest BCUT2D eigenvalue weighted by atomic mass is 32.1. The van der Waals surface area contributed by atoms with Crippen molar-refractivity contribution in [1.82, 2.24) is 4.90 Å². The van der Waals surface area contributed by atoms with E-state index in [0.717, 1.165) is 47.3 Å². The molecule has 0 spiro atoms. The summed E-state index contributed by atoms with van der Waals surface area (Å²) in [7, 11) is 1.57. The number of benzene rings is 2. The molecule has 194 valence electrons. The summed E-state index contributed by atoms with van der Waals surface area (Å²) in [5.41, 5.74) is 2.35. The van der Waals surface area contributed by atoms with Gasteiger partial charge in [-0.05, 0) is 41.5 Å². The Morgan fingerprint density at radius 3 is 2.54 bits per heavy atom. The van der Waals surface area contributed by atoms with Crippen LogP contribution in [0.5, 0.6) is 11.5 Å². The van der Waals surface area contributed by atoms with Crippen molar-refractivity contribution in [3.8, 4) is 11.5 Å². The Kier molecular flexibility index (Phi) is 7.76. The lowest BCUT2D eigenvalue weighted by atomic mass is 9.91. The molecule has 3 aromatic rings. The topological polar surface area (TPSA) is 85.3 Å². The molecule has 0 unspecified atom stereocenters. The Labute approximate surface area is 220 Å². The van der Waals surface area contributed by atoms with Gasteiger partial charge in [0.2, 0.25) is 0 Å². The van der Waals surface area contributed by atoms with Crippen LogP contribution in [-0.4, -0.2) is 41.1 Å². The first-order valence-corrected chi connectivity index (χ1v) is 13.5. The van der Waals surface area contributed by atoms with Crippen LogP contribution in [0.15, 0.2) is 60.0 Å². The summed E-state index contributed by atoms with van der Waals surface area (Å²) in [6.45, 7) is 0.512. The van der Waals surface area contributed by atoms with E-state index in [1.165, 1.54) is 4.90 Å². The van der Waals surface area contributed by atoms with E-state index in [1.807, 2.05) is 60.0 Å². The summed E-state index contributed by atoms with van der Waals surface area (Å²) in [6, 6.07) is 16.0. The summed E-state index contributed by atoms with van der Waals surface area (Å²) >= 11 is 1.59. The van der Waals surface area contributed by atoms with Crippen molar-refractivity contribution in [1.29, 1.82) is 0 Å². The Balaban J connectivity index is 1.46. The Hall–Kier alpha value is -3.36. The molecule has 2 aliphatic rings. The third kappa shape index (κ3) is 5.50. The molecule has 0 bridgehead atoms. The van der Waals surface area contributed by atoms with Crippen LogP contribution >= 0.6 is 11.3 Å². The highest BCUT2D eigenvalue weighted by molar-refractivity contribution is 7.09. The van der Waals surface area contributed by atoms with Crippen LogP contribution in [-0.2, 0) is 33.9 Å². The standard InChI is InChI=1S/C29H31NO6S/c1-34-25-14-13-20-17-30(24(29(32)33)16-23(20)27(25)35-18-22-12-7-15-37-22)28(31)26(19-8-3-2-4-9-19)36-21-10-5-6-11-21/h2-4,7-9,12-15,21,24,26H,5-6,10-11,16-18H2,1H3,(H,32,33)/t24-,26-/m1/s1. The van der Waals surface area contributed by atoms with Crippen molar-refractivity contribution in [2.75, 3.05) is 7.11 Å². The first-order valence-electron chi connectivity index (χ1n) is 12.6. The second-order valence-electron chi connectivity index (χ2n) is 9.46. The van der Waals surface area contributed by atoms with Gasteiger partial charge in [-0.25, -0.2) is 4.79 Å². The number of hydrogen-bond donors (Lipinski definition) is 1. The number of ether oxygens (including phenoxy) is 3. The molecule has 1 amide bonds. The minimum Gasteiger partial charge on any atom is -0.493 e. The van der Waals surface area contributed by atoms with Crippen LogP contribution in [0.25, 0.3) is 0 Å². The Bertz CT molecular complexity index is 1220. The number of rotatable bonds is 9. The largest absolute Gasteiger partial charge is 0.493 e. The molecule has 1 fully saturated rings. The molecule has 1 N–H and O–H groups in total. The van der Waals surface area contributed by atoms with Crippen LogP contribution in [0.1, 0.15) is 53.4 Å². The number of amides is 1. The fourth-order valence-electron chi connectivity index (χ4n) is 5.20. The van der Waals surface area contributed by atoms with E-state index in [4.69, 9.17) is 14.2 Å². The fraction of sp³-hybridized carbons (Fsp3) is 0.379. The molecule has 0 saturated heterocycles. The predicted octanol–water partition coefficient (Wildman–Crippen LogP) is 5.37. The highest BCUT2D eigenvalue weighted by Gasteiger charge is 2.41. The van der Waals surface area contributed by atoms with Gasteiger partial charge in [-0.15, -0.1) is 11.3 Å². The number of fused-ring (bicyclic) bond motifs is 1. The number of aliphatic carboxylic acids is 1. The number of nitrogens with zero attached hydrogens (tertiary/aromatic N) is 1. The molecule has 1 aliphatic heterocycles. The normalized spacial score (nSPS) is 18.3. The number of hydrogen-bond acceptors (Lipinski definition) is 6. The smallest absolute Gasteiger partial charge is 0.326 e. The van der Waals surface area contributed by atoms with Crippen LogP contribution in [0.2, 0.25) is 0 Å². The highest BCUT2D eigenvalue weighted by Crippen LogP contribution is 2.40. The molecule has 1 aromatic heterocycles. The first kappa shape index (κ1) is 25.3. The lowest BCUT2D eigenvalue weighted by Crippen LogP contribution is -2.50. The summed E-state index contributed by atoms with van der Waals surface area (Å²) in [4.78, 5) is 29.0. The first-order chi connectivity index (χ1) is 18.0. The van der Waals surface area contributed by atoms with Crippen molar-refractivity contribution in [3.63, 3.8) is 0 Å². The molecule has 1 saturated carbocycles. The summed E-state index contributed by atoms with van der Waals surface area (Å²) < 4.78 is 18.1. The maximum atomic E-state index is 14.0. The van der Waals surface area contributed by atoms with Crippen LogP contribution in [0.4, 0.5) is 0 Å². The average molecular weight is 522 g/mol. The van der Waals surface area contributed by atoms with Crippen molar-refractivity contribution < 1.29 is 28.9 Å². The van der Waals surface area contributed by atoms with Gasteiger partial charge >= 0.3 is 5.97 Å². The maximum Gasteiger partial charge on any atom is 0.326 e. The third-order valence-electron chi connectivity index (χ3n) is 7.12. The zero-order chi connectivity index (χ0) is 25.8. The van der Waals surface area contributed by atoms with Gasteiger partial charge in [0.25, 0.3) is 5.91 Å². The zero-order valence-electron chi connectivity index (χ0n) is 20.8. The number of carboxylic acid groups (broad SMARTS) is 1. The average Bonchev–Trinajstić information content (AvgIpc) is 3.64. The van der Waals surface area contributed by atoms with Gasteiger partial charge < -0.3 is 24.2 Å². The van der Waals surface area contributed by atoms with Crippen LogP contribution in [0.3, 0.4) is 0 Å². The predicted molar refractivity (Wildman–Crippen MR) is 140 cm³/mol. The monoisotopic (exact) mass is 521 g/mol. The van der Waals surface area contributed by atoms with E-state index in [-0.39, 0.29) is 25.0 Å². The van der Waals surface area contributed by atoms with E-state index >= 15 is 0 Å². The molecule has 2 atom stereocenters. The zero-order valence-corrected chi connectivity index (χ0v) is 21.6. The van der Waals surface area contributed by atoms with E-state index in [0.29, 0.717) is 18.1 Å². The minimum absolute atomic E-state index is 0.00368. The summed E-state index contributed by atoms with van der Waals surface area (Å²) in [6.07, 6.45) is 3.24. The van der Waals surface area contributed by atoms with Crippen LogP contribution < -0.4 is 9.47 Å². The molecule has 1 aliphatic carbocycles. The van der Waals surface area contributed by atoms with Gasteiger partial charge in [0.05, 0.1) is 13.2 Å². The minimum atomic E-state index is -1.06. The van der Waals surface area contributed by atoms with E-state index < -0.39 is 18.1 Å². The van der Waals surface area contributed by atoms with Gasteiger partial charge in [0, 0.05) is 23.4 Å². The van der Waals surface area contributed by atoms with Gasteiger partial charge in [-0.2, -0.15) is 0 Å². The van der Waals surface area contributed by atoms with E-state index in [9.17, 15) is 14.7 Å². The molecule has 37 heavy (non-hydrogen) atoms. The molecule has 8 heteroatoms. The summed E-state index contributed by atoms with van der Waals surface area (Å²) in [5.74, 6) is -0.300. The van der Waals surface area contributed by atoms with E-state index in [1.54, 1.807) is 18.4 Å². The SMILES string of the molecule is COc1ccc2c(c1OCc1cccs1)C[C@H](C(=O)O)N(C(=O)[C@H](OC1CCCC1)c1ccccc1)C2. The quantitative estimate of drug-likeness (QED) is 0.407. The van der Waals surface area contributed by atoms with Crippen molar-refractivity contribution in [2.24, 2.45) is 0 Å². The number of thiophene rings is 1. The van der Waals surface area contributed by atoms with Crippen molar-refractivity contribution >= 4 is 23.2 Å². The number of methoxy groups -OCH3 is 1. The van der Waals surface area contributed by atoms with Crippen molar-refractivity contribution in [2.45, 2.75) is 63.5 Å². The maximum absolute atomic E-state index is 14.0. The second-order valence-corrected chi connectivity index (χ2v) is 10.5. The molecular weight excluding hydrogens is 490 g/mol. The fourth-order valence-corrected chi connectivity index (χ4v) is 5.82. The molecule has 2 heterocycles. The van der Waals surface area contributed by atoms with Gasteiger partial charge in [-0.3, -0.25) is 4.79 Å². The van der Waals surface area contributed by atoms with Gasteiger partial charge in [-0.1, -0.05) is 55.3 Å². The lowest BCUT2D eigenvalue weighted by molar-refractivity contribution is -0.160. The molecule has 7 nitrogen and oxygen atoms in total. The molecule has 5 rings (SSSR count). The Morgan fingerprint density at radius 1 is 1.08 bits per heavy atom. The second kappa shape index (κ2) is 11.4. The third-order valence-corrected chi connectivity index (χ3v) is 7.97. The molecule has 2 aromatic carbocycles. The lowest BCUT2D eigenvalue weighted by Gasteiger charge is -2.37. The Morgan fingerprint density at radius 2 is 1.86 bits per heavy atom. The van der Waals surface area contributed by atoms with Crippen LogP contribution in [0, 0.1) is 0 Å². The van der Waals surface area contributed by atoms with Gasteiger partial charge in [0.15, 0.2) is 17.6 Å². The number of carboxylic acids is 1. The van der Waals surface area contributed by atoms with Crippen molar-refractivity contribution in [3.05, 3.63) is 81.5 Å². The number of carbonyl (C=O) groups is 2. The van der Waals surface area contributed by atoms with Gasteiger partial charge in [0.1, 0.15) is 12.6 Å². The molecule has 0 radical (unpaired) electrons.